The van der Waals surface area contributed by atoms with Crippen molar-refractivity contribution in [3.8, 4) is 11.9 Å². The molecule has 1 rings (SSSR count). The van der Waals surface area contributed by atoms with Gasteiger partial charge in [0.1, 0.15) is 4.90 Å². The molecule has 0 saturated heterocycles. The summed E-state index contributed by atoms with van der Waals surface area (Å²) in [6.45, 7) is 0. The maximum atomic E-state index is 10.6. The minimum absolute atomic E-state index is 0. The zero-order valence-corrected chi connectivity index (χ0v) is 8.83. The maximum absolute atomic E-state index is 10.6. The molecule has 1 unspecified atom stereocenters. The minimum Gasteiger partial charge on any atom is -0.768 e. The molecule has 0 saturated carbocycles. The van der Waals surface area contributed by atoms with E-state index in [0.29, 0.717) is 0 Å². The van der Waals surface area contributed by atoms with Crippen LogP contribution in [0.25, 0.3) is 0 Å². The zero-order chi connectivity index (χ0) is 9.84. The summed E-state index contributed by atoms with van der Waals surface area (Å²) in [5, 5.41) is 0. The van der Waals surface area contributed by atoms with Crippen molar-refractivity contribution in [2.45, 2.75) is 4.90 Å². The SMILES string of the molecule is COc1ncc(S(=O)[O-])c(OC)n1.[Li+]. The maximum Gasteiger partial charge on any atom is 1.00 e. The fourth-order valence-electron chi connectivity index (χ4n) is 0.699. The fourth-order valence-corrected chi connectivity index (χ4v) is 1.11. The van der Waals surface area contributed by atoms with E-state index in [2.05, 4.69) is 14.7 Å². The Labute approximate surface area is 95.5 Å². The molecular formula is C6H7LiN2O4S. The van der Waals surface area contributed by atoms with Crippen molar-refractivity contribution in [2.24, 2.45) is 0 Å². The average molecular weight is 210 g/mol. The smallest absolute Gasteiger partial charge is 0.768 e. The molecule has 0 aromatic carbocycles. The van der Waals surface area contributed by atoms with Crippen LogP contribution >= 0.6 is 0 Å². The molecule has 0 aliphatic carbocycles. The van der Waals surface area contributed by atoms with Crippen molar-refractivity contribution >= 4 is 11.1 Å². The molecule has 0 bridgehead atoms. The van der Waals surface area contributed by atoms with Crippen LogP contribution in [0.2, 0.25) is 0 Å². The van der Waals surface area contributed by atoms with E-state index in [-0.39, 0.29) is 35.6 Å². The first-order chi connectivity index (χ1) is 6.19. The van der Waals surface area contributed by atoms with E-state index in [0.717, 1.165) is 6.20 Å². The zero-order valence-electron chi connectivity index (χ0n) is 8.01. The normalized spacial score (nSPS) is 11.4. The fraction of sp³-hybridized carbons (Fsp3) is 0.333. The van der Waals surface area contributed by atoms with Crippen LogP contribution in [0.4, 0.5) is 0 Å². The third-order valence-corrected chi connectivity index (χ3v) is 1.89. The summed E-state index contributed by atoms with van der Waals surface area (Å²) in [5.74, 6) is -0.0276. The monoisotopic (exact) mass is 210 g/mol. The molecule has 1 atom stereocenters. The molecule has 1 aromatic rings. The molecule has 0 aliphatic heterocycles. The summed E-state index contributed by atoms with van der Waals surface area (Å²) in [6.07, 6.45) is 1.12. The van der Waals surface area contributed by atoms with Crippen molar-refractivity contribution in [1.29, 1.82) is 0 Å². The van der Waals surface area contributed by atoms with E-state index in [1.54, 1.807) is 0 Å². The van der Waals surface area contributed by atoms with Crippen LogP contribution < -0.4 is 28.3 Å². The molecular weight excluding hydrogens is 203 g/mol. The van der Waals surface area contributed by atoms with Gasteiger partial charge in [-0.25, -0.2) is 4.98 Å². The number of rotatable bonds is 3. The van der Waals surface area contributed by atoms with E-state index in [1.165, 1.54) is 14.2 Å². The number of nitrogens with zero attached hydrogens (tertiary/aromatic N) is 2. The standard InChI is InChI=1S/C6H8N2O4S.Li/c1-11-5-4(13(9)10)3-7-6(8-5)12-2;/h3H,1-2H3,(H,9,10);/q;+1/p-1. The van der Waals surface area contributed by atoms with E-state index < -0.39 is 11.1 Å². The Hall–Kier alpha value is -0.613. The second-order valence-electron chi connectivity index (χ2n) is 1.96. The minimum atomic E-state index is -2.41. The van der Waals surface area contributed by atoms with Gasteiger partial charge in [-0.15, -0.1) is 0 Å². The van der Waals surface area contributed by atoms with Gasteiger partial charge in [0.15, 0.2) is 0 Å². The van der Waals surface area contributed by atoms with E-state index in [9.17, 15) is 8.76 Å². The first kappa shape index (κ1) is 13.4. The van der Waals surface area contributed by atoms with Crippen molar-refractivity contribution in [3.63, 3.8) is 0 Å². The first-order valence-electron chi connectivity index (χ1n) is 3.23. The molecule has 72 valence electrons. The quantitative estimate of drug-likeness (QED) is 0.384. The van der Waals surface area contributed by atoms with Crippen LogP contribution in [0.1, 0.15) is 0 Å². The third kappa shape index (κ3) is 2.96. The van der Waals surface area contributed by atoms with E-state index >= 15 is 0 Å². The molecule has 14 heavy (non-hydrogen) atoms. The van der Waals surface area contributed by atoms with E-state index in [4.69, 9.17) is 4.74 Å². The van der Waals surface area contributed by atoms with Crippen LogP contribution in [0.3, 0.4) is 0 Å². The molecule has 1 aromatic heterocycles. The van der Waals surface area contributed by atoms with Crippen LogP contribution in [0.15, 0.2) is 11.1 Å². The summed E-state index contributed by atoms with van der Waals surface area (Å²) >= 11 is -2.41. The van der Waals surface area contributed by atoms with Crippen molar-refractivity contribution in [2.75, 3.05) is 14.2 Å². The Morgan fingerprint density at radius 2 is 2.07 bits per heavy atom. The topological polar surface area (TPSA) is 84.4 Å². The average Bonchev–Trinajstić information content (AvgIpc) is 2.16. The molecule has 0 radical (unpaired) electrons. The van der Waals surface area contributed by atoms with Gasteiger partial charge >= 0.3 is 24.9 Å². The van der Waals surface area contributed by atoms with Gasteiger partial charge in [-0.05, 0) is 11.1 Å². The summed E-state index contributed by atoms with van der Waals surface area (Å²) in [5.41, 5.74) is 0. The van der Waals surface area contributed by atoms with Crippen LogP contribution in [0, 0.1) is 0 Å². The molecule has 0 amide bonds. The Morgan fingerprint density at radius 1 is 1.43 bits per heavy atom. The van der Waals surface area contributed by atoms with E-state index in [1.807, 2.05) is 0 Å². The molecule has 1 heterocycles. The number of hydrogen-bond acceptors (Lipinski definition) is 6. The number of ether oxygens (including phenoxy) is 2. The number of methoxy groups -OCH3 is 2. The second kappa shape index (κ2) is 5.98. The summed E-state index contributed by atoms with van der Waals surface area (Å²) in [4.78, 5) is 7.21. The van der Waals surface area contributed by atoms with Gasteiger partial charge in [0.25, 0.3) is 0 Å². The Morgan fingerprint density at radius 3 is 2.50 bits per heavy atom. The second-order valence-corrected chi connectivity index (χ2v) is 2.87. The van der Waals surface area contributed by atoms with Gasteiger partial charge < -0.3 is 14.0 Å². The van der Waals surface area contributed by atoms with Crippen LogP contribution in [-0.4, -0.2) is 32.9 Å². The van der Waals surface area contributed by atoms with Crippen LogP contribution in [-0.2, 0) is 11.1 Å². The molecule has 8 heteroatoms. The molecule has 6 nitrogen and oxygen atoms in total. The Bertz CT molecular complexity index is 336. The van der Waals surface area contributed by atoms with Gasteiger partial charge in [0, 0.05) is 0 Å². The van der Waals surface area contributed by atoms with Gasteiger partial charge in [0.05, 0.1) is 20.4 Å². The summed E-state index contributed by atoms with van der Waals surface area (Å²) in [7, 11) is 2.70. The summed E-state index contributed by atoms with van der Waals surface area (Å²) in [6, 6.07) is 0.0612. The molecule has 0 N–H and O–H groups in total. The largest absolute Gasteiger partial charge is 1.00 e. The van der Waals surface area contributed by atoms with Gasteiger partial charge in [-0.3, -0.25) is 4.21 Å². The summed E-state index contributed by atoms with van der Waals surface area (Å²) < 4.78 is 30.6. The first-order valence-corrected chi connectivity index (χ1v) is 4.30. The third-order valence-electron chi connectivity index (χ3n) is 1.26. The number of aromatic nitrogens is 2. The predicted molar refractivity (Wildman–Crippen MR) is 42.3 cm³/mol. The Kier molecular flexibility index (Phi) is 5.72. The van der Waals surface area contributed by atoms with Gasteiger partial charge in [-0.1, -0.05) is 0 Å². The number of hydrogen-bond donors (Lipinski definition) is 0. The predicted octanol–water partition coefficient (Wildman–Crippen LogP) is -3.26. The molecule has 0 fully saturated rings. The van der Waals surface area contributed by atoms with Crippen LogP contribution in [0.5, 0.6) is 11.9 Å². The van der Waals surface area contributed by atoms with Gasteiger partial charge in [0.2, 0.25) is 5.88 Å². The molecule has 0 aliphatic rings. The molecule has 0 spiro atoms. The van der Waals surface area contributed by atoms with Crippen molar-refractivity contribution in [3.05, 3.63) is 6.20 Å². The van der Waals surface area contributed by atoms with Crippen molar-refractivity contribution < 1.29 is 37.1 Å². The van der Waals surface area contributed by atoms with Gasteiger partial charge in [-0.2, -0.15) is 4.98 Å². The Balaban J connectivity index is 0.00000169. The van der Waals surface area contributed by atoms with Crippen molar-refractivity contribution in [1.82, 2.24) is 9.97 Å².